The zero-order chi connectivity index (χ0) is 14.4. The Morgan fingerprint density at radius 1 is 1.20 bits per heavy atom. The minimum atomic E-state index is -0.674. The molecule has 0 aliphatic carbocycles. The molecule has 0 spiro atoms. The zero-order valence-electron chi connectivity index (χ0n) is 11.5. The molecule has 6 heteroatoms. The summed E-state index contributed by atoms with van der Waals surface area (Å²) in [7, 11) is 0. The molecule has 2 aromatic rings. The van der Waals surface area contributed by atoms with Crippen LogP contribution in [0.25, 0.3) is 0 Å². The van der Waals surface area contributed by atoms with Gasteiger partial charge in [0, 0.05) is 19.6 Å². The van der Waals surface area contributed by atoms with Crippen LogP contribution >= 0.6 is 0 Å². The van der Waals surface area contributed by atoms with Crippen LogP contribution in [0.15, 0.2) is 28.8 Å². The first kappa shape index (κ1) is 14.6. The Balaban J connectivity index is 2.10. The number of hydrogen-bond acceptors (Lipinski definition) is 5. The molecular formula is C14H17FN2O3. The van der Waals surface area contributed by atoms with Crippen LogP contribution in [0.5, 0.6) is 0 Å². The summed E-state index contributed by atoms with van der Waals surface area (Å²) in [6, 6.07) is 6.50. The highest BCUT2D eigenvalue weighted by Gasteiger charge is 2.20. The highest BCUT2D eigenvalue weighted by molar-refractivity contribution is 5.20. The van der Waals surface area contributed by atoms with Crippen molar-refractivity contribution in [1.82, 2.24) is 10.1 Å². The molecule has 108 valence electrons. The van der Waals surface area contributed by atoms with E-state index in [0.29, 0.717) is 24.6 Å². The van der Waals surface area contributed by atoms with Gasteiger partial charge < -0.3 is 14.0 Å². The van der Waals surface area contributed by atoms with Gasteiger partial charge in [0.25, 0.3) is 5.89 Å². The maximum absolute atomic E-state index is 13.5. The summed E-state index contributed by atoms with van der Waals surface area (Å²) in [4.78, 5) is 4.19. The lowest BCUT2D eigenvalue weighted by Crippen LogP contribution is -2.09. The Hall–Kier alpha value is -1.79. The first-order valence-electron chi connectivity index (χ1n) is 6.53. The molecule has 0 fully saturated rings. The van der Waals surface area contributed by atoms with Crippen molar-refractivity contribution in [1.29, 1.82) is 0 Å². The van der Waals surface area contributed by atoms with Crippen molar-refractivity contribution in [3.8, 4) is 0 Å². The van der Waals surface area contributed by atoms with E-state index in [0.717, 1.165) is 0 Å². The summed E-state index contributed by atoms with van der Waals surface area (Å²) in [5.41, 5.74) is 0.518. The first-order valence-corrected chi connectivity index (χ1v) is 6.53. The minimum absolute atomic E-state index is 0.250. The minimum Gasteiger partial charge on any atom is -0.345 e. The van der Waals surface area contributed by atoms with Gasteiger partial charge >= 0.3 is 0 Å². The number of benzene rings is 1. The molecule has 0 radical (unpaired) electrons. The first-order chi connectivity index (χ1) is 9.74. The van der Waals surface area contributed by atoms with Crippen LogP contribution in [0.2, 0.25) is 0 Å². The van der Waals surface area contributed by atoms with E-state index >= 15 is 0 Å². The van der Waals surface area contributed by atoms with Gasteiger partial charge in [0.05, 0.1) is 0 Å². The molecule has 2 rings (SSSR count). The van der Waals surface area contributed by atoms with Crippen molar-refractivity contribution in [3.05, 3.63) is 47.4 Å². The molecule has 0 N–H and O–H groups in total. The van der Waals surface area contributed by atoms with Gasteiger partial charge in [-0.15, -0.1) is 0 Å². The molecule has 1 aromatic heterocycles. The quantitative estimate of drug-likeness (QED) is 0.730. The number of nitrogens with zero attached hydrogens (tertiary/aromatic N) is 2. The molecule has 0 aliphatic heterocycles. The SMILES string of the molecule is CCOC(OCC)c1nc(Cc2ccccc2F)no1. The third kappa shape index (κ3) is 3.61. The predicted octanol–water partition coefficient (Wildman–Crippen LogP) is 2.87. The van der Waals surface area contributed by atoms with Gasteiger partial charge in [0.15, 0.2) is 5.82 Å². The molecule has 0 atom stereocenters. The van der Waals surface area contributed by atoms with Gasteiger partial charge in [-0.25, -0.2) is 4.39 Å². The summed E-state index contributed by atoms with van der Waals surface area (Å²) >= 11 is 0. The Bertz CT molecular complexity index is 539. The number of hydrogen-bond donors (Lipinski definition) is 0. The molecule has 1 aromatic carbocycles. The van der Waals surface area contributed by atoms with Crippen LogP contribution < -0.4 is 0 Å². The van der Waals surface area contributed by atoms with Gasteiger partial charge in [-0.3, -0.25) is 0 Å². The number of halogens is 1. The molecule has 20 heavy (non-hydrogen) atoms. The summed E-state index contributed by atoms with van der Waals surface area (Å²) < 4.78 is 29.4. The Morgan fingerprint density at radius 3 is 2.55 bits per heavy atom. The number of aromatic nitrogens is 2. The molecule has 0 unspecified atom stereocenters. The molecule has 5 nitrogen and oxygen atoms in total. The van der Waals surface area contributed by atoms with Crippen molar-refractivity contribution in [2.24, 2.45) is 0 Å². The summed E-state index contributed by atoms with van der Waals surface area (Å²) in [6.45, 7) is 4.64. The van der Waals surface area contributed by atoms with Gasteiger partial charge in [-0.05, 0) is 25.5 Å². The van der Waals surface area contributed by atoms with E-state index in [9.17, 15) is 4.39 Å². The third-order valence-electron chi connectivity index (χ3n) is 2.63. The van der Waals surface area contributed by atoms with Crippen molar-refractivity contribution in [3.63, 3.8) is 0 Å². The highest BCUT2D eigenvalue weighted by Crippen LogP contribution is 2.18. The standard InChI is InChI=1S/C14H17FN2O3/c1-3-18-14(19-4-2)13-16-12(17-20-13)9-10-7-5-6-8-11(10)15/h5-8,14H,3-4,9H2,1-2H3. The molecule has 1 heterocycles. The molecule has 0 saturated carbocycles. The van der Waals surface area contributed by atoms with Crippen LogP contribution in [0.1, 0.15) is 37.4 Å². The number of ether oxygens (including phenoxy) is 2. The summed E-state index contributed by atoms with van der Waals surface area (Å²) in [6.07, 6.45) is -0.409. The normalized spacial score (nSPS) is 11.2. The van der Waals surface area contributed by atoms with Gasteiger partial charge in [-0.1, -0.05) is 23.4 Å². The lowest BCUT2D eigenvalue weighted by atomic mass is 10.1. The monoisotopic (exact) mass is 280 g/mol. The molecule has 0 saturated heterocycles. The Morgan fingerprint density at radius 2 is 1.90 bits per heavy atom. The fraction of sp³-hybridized carbons (Fsp3) is 0.429. The van der Waals surface area contributed by atoms with Crippen molar-refractivity contribution in [2.75, 3.05) is 13.2 Å². The fourth-order valence-corrected chi connectivity index (χ4v) is 1.74. The lowest BCUT2D eigenvalue weighted by molar-refractivity contribution is -0.155. The van der Waals surface area contributed by atoms with Crippen LogP contribution in [-0.4, -0.2) is 23.4 Å². The van der Waals surface area contributed by atoms with E-state index in [4.69, 9.17) is 14.0 Å². The smallest absolute Gasteiger partial charge is 0.283 e. The van der Waals surface area contributed by atoms with Crippen LogP contribution in [0.4, 0.5) is 4.39 Å². The van der Waals surface area contributed by atoms with Crippen molar-refractivity contribution >= 4 is 0 Å². The van der Waals surface area contributed by atoms with Crippen LogP contribution in [0.3, 0.4) is 0 Å². The average Bonchev–Trinajstić information content (AvgIpc) is 2.90. The predicted molar refractivity (Wildman–Crippen MR) is 69.5 cm³/mol. The summed E-state index contributed by atoms with van der Waals surface area (Å²) in [5.74, 6) is 0.361. The van der Waals surface area contributed by atoms with Gasteiger partial charge in [0.2, 0.25) is 6.29 Å². The van der Waals surface area contributed by atoms with Crippen LogP contribution in [0, 0.1) is 5.82 Å². The molecular weight excluding hydrogens is 263 g/mol. The Kier molecular flexibility index (Phi) is 5.20. The van der Waals surface area contributed by atoms with E-state index in [1.807, 2.05) is 13.8 Å². The van der Waals surface area contributed by atoms with E-state index in [2.05, 4.69) is 10.1 Å². The van der Waals surface area contributed by atoms with Gasteiger partial charge in [-0.2, -0.15) is 4.98 Å². The Labute approximate surface area is 116 Å². The van der Waals surface area contributed by atoms with E-state index < -0.39 is 6.29 Å². The van der Waals surface area contributed by atoms with Crippen molar-refractivity contribution in [2.45, 2.75) is 26.6 Å². The zero-order valence-corrected chi connectivity index (χ0v) is 11.5. The second-order valence-corrected chi connectivity index (χ2v) is 4.06. The lowest BCUT2D eigenvalue weighted by Gasteiger charge is -2.11. The average molecular weight is 280 g/mol. The van der Waals surface area contributed by atoms with Crippen molar-refractivity contribution < 1.29 is 18.4 Å². The fourth-order valence-electron chi connectivity index (χ4n) is 1.74. The number of rotatable bonds is 7. The van der Waals surface area contributed by atoms with Gasteiger partial charge in [0.1, 0.15) is 5.82 Å². The second-order valence-electron chi connectivity index (χ2n) is 4.06. The largest absolute Gasteiger partial charge is 0.345 e. The van der Waals surface area contributed by atoms with Crippen LogP contribution in [-0.2, 0) is 15.9 Å². The maximum atomic E-state index is 13.5. The maximum Gasteiger partial charge on any atom is 0.283 e. The summed E-state index contributed by atoms with van der Waals surface area (Å²) in [5, 5.41) is 3.83. The third-order valence-corrected chi connectivity index (χ3v) is 2.63. The molecule has 0 aliphatic rings. The molecule has 0 amide bonds. The van der Waals surface area contributed by atoms with E-state index in [1.165, 1.54) is 6.07 Å². The van der Waals surface area contributed by atoms with E-state index in [-0.39, 0.29) is 18.1 Å². The topological polar surface area (TPSA) is 57.4 Å². The highest BCUT2D eigenvalue weighted by atomic mass is 19.1. The molecule has 0 bridgehead atoms. The van der Waals surface area contributed by atoms with E-state index in [1.54, 1.807) is 18.2 Å². The second kappa shape index (κ2) is 7.12.